The Morgan fingerprint density at radius 2 is 2.18 bits per heavy atom. The molecule has 4 bridgehead atoms. The summed E-state index contributed by atoms with van der Waals surface area (Å²) < 4.78 is 5.49. The molecule has 0 unspecified atom stereocenters. The first-order valence-corrected chi connectivity index (χ1v) is 5.68. The number of carbonyl (C=O) groups is 2. The zero-order valence-electron chi connectivity index (χ0n) is 9.42. The van der Waals surface area contributed by atoms with Crippen molar-refractivity contribution in [1.82, 2.24) is 5.32 Å². The summed E-state index contributed by atoms with van der Waals surface area (Å²) in [5.74, 6) is -0.779. The van der Waals surface area contributed by atoms with Crippen LogP contribution in [0.3, 0.4) is 0 Å². The first-order chi connectivity index (χ1) is 8.13. The van der Waals surface area contributed by atoms with Crippen LogP contribution < -0.4 is 5.32 Å². The van der Waals surface area contributed by atoms with Gasteiger partial charge in [-0.2, -0.15) is 0 Å². The Labute approximate surface area is 99.0 Å². The summed E-state index contributed by atoms with van der Waals surface area (Å²) in [6.07, 6.45) is 11.4. The van der Waals surface area contributed by atoms with Gasteiger partial charge in [-0.3, -0.25) is 9.59 Å². The van der Waals surface area contributed by atoms with E-state index in [9.17, 15) is 9.59 Å². The van der Waals surface area contributed by atoms with E-state index in [0.29, 0.717) is 0 Å². The molecule has 0 spiro atoms. The third-order valence-corrected chi connectivity index (χ3v) is 3.58. The van der Waals surface area contributed by atoms with Gasteiger partial charge in [-0.15, -0.1) is 0 Å². The average molecular weight is 231 g/mol. The van der Waals surface area contributed by atoms with E-state index >= 15 is 0 Å². The zero-order chi connectivity index (χ0) is 12.0. The zero-order valence-corrected chi connectivity index (χ0v) is 9.42. The quantitative estimate of drug-likeness (QED) is 0.534. The molecule has 0 radical (unpaired) electrons. The molecule has 3 aliphatic rings. The SMILES string of the molecule is CC(=O)O[C@@]12C=CC=C[C@H]3C=C[C@H]1NC(=O)[C@H]32. The van der Waals surface area contributed by atoms with Crippen molar-refractivity contribution in [2.45, 2.75) is 18.6 Å². The van der Waals surface area contributed by atoms with E-state index in [-0.39, 0.29) is 29.8 Å². The van der Waals surface area contributed by atoms with E-state index in [4.69, 9.17) is 4.74 Å². The van der Waals surface area contributed by atoms with Crippen LogP contribution in [0, 0.1) is 11.8 Å². The standard InChI is InChI=1S/C13H13NO3/c1-8(15)17-13-7-3-2-4-9-5-6-10(13)14-12(16)11(9)13/h2-7,9-11H,1H3,(H,14,16)/t9-,10+,11-,13-/m0/s1. The summed E-state index contributed by atoms with van der Waals surface area (Å²) in [5.41, 5.74) is -0.855. The monoisotopic (exact) mass is 231 g/mol. The minimum Gasteiger partial charge on any atom is -0.452 e. The fourth-order valence-electron chi connectivity index (χ4n) is 2.97. The van der Waals surface area contributed by atoms with E-state index in [2.05, 4.69) is 5.32 Å². The highest BCUT2D eigenvalue weighted by Gasteiger charge is 2.59. The molecule has 0 saturated carbocycles. The summed E-state index contributed by atoms with van der Waals surface area (Å²) in [5, 5.41) is 2.87. The van der Waals surface area contributed by atoms with Crippen molar-refractivity contribution >= 4 is 11.9 Å². The molecule has 4 atom stereocenters. The van der Waals surface area contributed by atoms with Crippen LogP contribution in [0.5, 0.6) is 0 Å². The fraction of sp³-hybridized carbons (Fsp3) is 0.385. The number of allylic oxidation sites excluding steroid dienone is 4. The highest BCUT2D eigenvalue weighted by molar-refractivity contribution is 5.87. The van der Waals surface area contributed by atoms with Gasteiger partial charge in [0.1, 0.15) is 0 Å². The largest absolute Gasteiger partial charge is 0.452 e. The molecule has 1 amide bonds. The third-order valence-electron chi connectivity index (χ3n) is 3.58. The molecule has 1 heterocycles. The van der Waals surface area contributed by atoms with Crippen molar-refractivity contribution in [1.29, 1.82) is 0 Å². The van der Waals surface area contributed by atoms with Crippen LogP contribution in [0.1, 0.15) is 6.92 Å². The van der Waals surface area contributed by atoms with E-state index in [0.717, 1.165) is 0 Å². The van der Waals surface area contributed by atoms with Crippen LogP contribution in [0.2, 0.25) is 0 Å². The van der Waals surface area contributed by atoms with Gasteiger partial charge in [0.05, 0.1) is 12.0 Å². The number of hydrogen-bond donors (Lipinski definition) is 1. The lowest BCUT2D eigenvalue weighted by Gasteiger charge is -2.37. The summed E-state index contributed by atoms with van der Waals surface area (Å²) in [6, 6.07) is -0.253. The van der Waals surface area contributed by atoms with Crippen LogP contribution in [-0.4, -0.2) is 23.5 Å². The first kappa shape index (κ1) is 10.3. The van der Waals surface area contributed by atoms with Crippen molar-refractivity contribution in [2.24, 2.45) is 11.8 Å². The molecular formula is C13H13NO3. The first-order valence-electron chi connectivity index (χ1n) is 5.68. The molecule has 4 heteroatoms. The Morgan fingerprint density at radius 1 is 1.35 bits per heavy atom. The number of hydrogen-bond acceptors (Lipinski definition) is 3. The minimum atomic E-state index is -0.855. The Morgan fingerprint density at radius 3 is 2.94 bits per heavy atom. The van der Waals surface area contributed by atoms with Gasteiger partial charge in [0.2, 0.25) is 5.91 Å². The molecule has 0 aromatic carbocycles. The molecule has 88 valence electrons. The van der Waals surface area contributed by atoms with Crippen LogP contribution in [0.4, 0.5) is 0 Å². The molecule has 0 aromatic rings. The Bertz CT molecular complexity index is 477. The molecule has 1 fully saturated rings. The maximum atomic E-state index is 12.0. The average Bonchev–Trinajstić information content (AvgIpc) is 2.39. The lowest BCUT2D eigenvalue weighted by atomic mass is 9.73. The number of rotatable bonds is 1. The van der Waals surface area contributed by atoms with Gasteiger partial charge in [-0.25, -0.2) is 0 Å². The molecule has 0 aromatic heterocycles. The minimum absolute atomic E-state index is 0.0110. The lowest BCUT2D eigenvalue weighted by molar-refractivity contribution is -0.157. The number of amides is 1. The van der Waals surface area contributed by atoms with Gasteiger partial charge in [-0.1, -0.05) is 30.4 Å². The second-order valence-electron chi connectivity index (χ2n) is 4.62. The summed E-state index contributed by atoms with van der Waals surface area (Å²) in [4.78, 5) is 23.3. The highest BCUT2D eigenvalue weighted by Crippen LogP contribution is 2.44. The van der Waals surface area contributed by atoms with E-state index < -0.39 is 5.60 Å². The number of carbonyl (C=O) groups excluding carboxylic acids is 2. The molecular weight excluding hydrogens is 218 g/mol. The maximum Gasteiger partial charge on any atom is 0.303 e. The van der Waals surface area contributed by atoms with Crippen LogP contribution >= 0.6 is 0 Å². The van der Waals surface area contributed by atoms with Gasteiger partial charge >= 0.3 is 5.97 Å². The molecule has 17 heavy (non-hydrogen) atoms. The molecule has 4 nitrogen and oxygen atoms in total. The highest BCUT2D eigenvalue weighted by atomic mass is 16.6. The van der Waals surface area contributed by atoms with Crippen molar-refractivity contribution in [3.63, 3.8) is 0 Å². The van der Waals surface area contributed by atoms with Crippen molar-refractivity contribution in [3.05, 3.63) is 36.5 Å². The smallest absolute Gasteiger partial charge is 0.303 e. The molecule has 2 aliphatic carbocycles. The van der Waals surface area contributed by atoms with Gasteiger partial charge in [-0.05, 0) is 6.08 Å². The Hall–Kier alpha value is -1.84. The predicted octanol–water partition coefficient (Wildman–Crippen LogP) is 0.715. The predicted molar refractivity (Wildman–Crippen MR) is 60.8 cm³/mol. The van der Waals surface area contributed by atoms with Gasteiger partial charge in [0.15, 0.2) is 5.60 Å². The number of ether oxygens (including phenoxy) is 1. The third kappa shape index (κ3) is 1.30. The van der Waals surface area contributed by atoms with Crippen molar-refractivity contribution < 1.29 is 14.3 Å². The lowest BCUT2D eigenvalue weighted by Crippen LogP contribution is -2.50. The van der Waals surface area contributed by atoms with Crippen LogP contribution in [-0.2, 0) is 14.3 Å². The number of nitrogens with one attached hydrogen (secondary N) is 1. The molecule has 1 aliphatic heterocycles. The summed E-state index contributed by atoms with van der Waals surface area (Å²) >= 11 is 0. The maximum absolute atomic E-state index is 12.0. The van der Waals surface area contributed by atoms with Gasteiger partial charge in [0.25, 0.3) is 0 Å². The normalized spacial score (nSPS) is 41.0. The Balaban J connectivity index is 2.14. The fourth-order valence-corrected chi connectivity index (χ4v) is 2.97. The summed E-state index contributed by atoms with van der Waals surface area (Å²) in [7, 11) is 0. The molecule has 1 N–H and O–H groups in total. The van der Waals surface area contributed by atoms with E-state index in [1.165, 1.54) is 6.92 Å². The van der Waals surface area contributed by atoms with Crippen molar-refractivity contribution in [3.8, 4) is 0 Å². The summed E-state index contributed by atoms with van der Waals surface area (Å²) in [6.45, 7) is 1.37. The van der Waals surface area contributed by atoms with Gasteiger partial charge < -0.3 is 10.1 Å². The Kier molecular flexibility index (Phi) is 2.02. The second-order valence-corrected chi connectivity index (χ2v) is 4.62. The number of esters is 1. The van der Waals surface area contributed by atoms with E-state index in [1.54, 1.807) is 0 Å². The second kappa shape index (κ2) is 3.32. The topological polar surface area (TPSA) is 55.4 Å². The molecule has 1 saturated heterocycles. The van der Waals surface area contributed by atoms with Gasteiger partial charge in [0, 0.05) is 12.8 Å². The van der Waals surface area contributed by atoms with Crippen LogP contribution in [0.15, 0.2) is 36.5 Å². The van der Waals surface area contributed by atoms with E-state index in [1.807, 2.05) is 36.5 Å². The van der Waals surface area contributed by atoms with Crippen LogP contribution in [0.25, 0.3) is 0 Å². The molecule has 3 rings (SSSR count). The van der Waals surface area contributed by atoms with Crippen molar-refractivity contribution in [2.75, 3.05) is 0 Å².